The fourth-order valence-corrected chi connectivity index (χ4v) is 6.11. The minimum atomic E-state index is -0.155. The van der Waals surface area contributed by atoms with E-state index in [0.717, 1.165) is 25.7 Å². The fraction of sp³-hybridized carbons (Fsp3) is 0.154. The Morgan fingerprint density at radius 3 is 2.39 bits per heavy atom. The number of amides is 2. The molecule has 0 bridgehead atoms. The van der Waals surface area contributed by atoms with E-state index in [2.05, 4.69) is 31.1 Å². The molecule has 0 radical (unpaired) electrons. The van der Waals surface area contributed by atoms with E-state index in [0.29, 0.717) is 23.9 Å². The highest BCUT2D eigenvalue weighted by Gasteiger charge is 2.12. The van der Waals surface area contributed by atoms with E-state index in [-0.39, 0.29) is 23.3 Å². The number of carbonyl (C=O) groups is 2. The number of anilines is 1. The van der Waals surface area contributed by atoms with Gasteiger partial charge in [-0.1, -0.05) is 84.2 Å². The van der Waals surface area contributed by atoms with Gasteiger partial charge in [-0.05, 0) is 39.8 Å². The van der Waals surface area contributed by atoms with Crippen molar-refractivity contribution in [1.29, 1.82) is 0 Å². The summed E-state index contributed by atoms with van der Waals surface area (Å²) in [6.07, 6.45) is 0. The summed E-state index contributed by atoms with van der Waals surface area (Å²) in [4.78, 5) is 29.4. The molecule has 2 heterocycles. The van der Waals surface area contributed by atoms with Crippen molar-refractivity contribution in [2.75, 3.05) is 16.8 Å². The van der Waals surface area contributed by atoms with Crippen LogP contribution < -0.4 is 10.6 Å². The molecule has 0 saturated heterocycles. The molecule has 5 aromatic rings. The normalized spacial score (nSPS) is 10.9. The first kappa shape index (κ1) is 25.9. The molecule has 2 aromatic heterocycles. The zero-order valence-electron chi connectivity index (χ0n) is 20.1. The minimum absolute atomic E-state index is 0.0432. The zero-order chi connectivity index (χ0) is 26.2. The van der Waals surface area contributed by atoms with Gasteiger partial charge in [0.1, 0.15) is 0 Å². The topological polar surface area (TPSA) is 115 Å². The van der Waals surface area contributed by atoms with Crippen molar-refractivity contribution in [3.8, 4) is 0 Å². The maximum atomic E-state index is 12.6. The van der Waals surface area contributed by atoms with E-state index < -0.39 is 0 Å². The number of thiazole rings is 1. The summed E-state index contributed by atoms with van der Waals surface area (Å²) in [5.74, 6) is 0.267. The van der Waals surface area contributed by atoms with Crippen LogP contribution in [-0.2, 0) is 22.7 Å². The van der Waals surface area contributed by atoms with Gasteiger partial charge in [-0.2, -0.15) is 0 Å². The molecule has 0 spiro atoms. The van der Waals surface area contributed by atoms with Gasteiger partial charge in [0.2, 0.25) is 17.0 Å². The lowest BCUT2D eigenvalue weighted by Crippen LogP contribution is -2.24. The SMILES string of the molecule is O=C(CSc1nc2ccc(NC(=O)CSc3nnnn3Cc3ccccc3)cc2s1)NCc1ccccc1. The lowest BCUT2D eigenvalue weighted by Gasteiger charge is -2.06. The van der Waals surface area contributed by atoms with Crippen LogP contribution in [0.5, 0.6) is 0 Å². The number of carbonyl (C=O) groups excluding carboxylic acids is 2. The van der Waals surface area contributed by atoms with Gasteiger partial charge >= 0.3 is 0 Å². The highest BCUT2D eigenvalue weighted by molar-refractivity contribution is 8.01. The molecule has 12 heteroatoms. The number of nitrogens with zero attached hydrogens (tertiary/aromatic N) is 5. The van der Waals surface area contributed by atoms with Gasteiger partial charge in [0.25, 0.3) is 0 Å². The van der Waals surface area contributed by atoms with Crippen molar-refractivity contribution >= 4 is 62.6 Å². The molecule has 192 valence electrons. The molecule has 3 aromatic carbocycles. The third kappa shape index (κ3) is 7.18. The third-order valence-electron chi connectivity index (χ3n) is 5.32. The highest BCUT2D eigenvalue weighted by Crippen LogP contribution is 2.31. The van der Waals surface area contributed by atoms with Gasteiger partial charge in [-0.25, -0.2) is 9.67 Å². The Balaban J connectivity index is 1.11. The summed E-state index contributed by atoms with van der Waals surface area (Å²) in [7, 11) is 0. The Morgan fingerprint density at radius 2 is 1.61 bits per heavy atom. The Kier molecular flexibility index (Phi) is 8.64. The third-order valence-corrected chi connectivity index (χ3v) is 8.44. The van der Waals surface area contributed by atoms with Crippen LogP contribution in [0.1, 0.15) is 11.1 Å². The molecule has 0 aliphatic carbocycles. The fourth-order valence-electron chi connectivity index (χ4n) is 3.50. The van der Waals surface area contributed by atoms with Crippen LogP contribution in [0.25, 0.3) is 10.2 Å². The van der Waals surface area contributed by atoms with E-state index in [1.165, 1.54) is 34.9 Å². The molecule has 0 fully saturated rings. The second kappa shape index (κ2) is 12.7. The summed E-state index contributed by atoms with van der Waals surface area (Å²) in [6, 6.07) is 25.3. The van der Waals surface area contributed by atoms with E-state index >= 15 is 0 Å². The van der Waals surface area contributed by atoms with E-state index in [1.54, 1.807) is 4.68 Å². The van der Waals surface area contributed by atoms with Crippen LogP contribution >= 0.6 is 34.9 Å². The molecule has 2 N–H and O–H groups in total. The Morgan fingerprint density at radius 1 is 0.868 bits per heavy atom. The largest absolute Gasteiger partial charge is 0.351 e. The molecule has 0 aliphatic heterocycles. The quantitative estimate of drug-likeness (QED) is 0.227. The number of aromatic nitrogens is 5. The predicted molar refractivity (Wildman–Crippen MR) is 151 cm³/mol. The standard InChI is InChI=1S/C26H23N7O2S3/c34-23(27-14-18-7-3-1-4-8-18)16-37-26-29-21-12-11-20(13-22(21)38-26)28-24(35)17-36-25-30-31-32-33(25)15-19-9-5-2-6-10-19/h1-13H,14-17H2,(H,27,34)(H,28,35). The monoisotopic (exact) mass is 561 g/mol. The van der Waals surface area contributed by atoms with Crippen LogP contribution in [0.15, 0.2) is 88.4 Å². The lowest BCUT2D eigenvalue weighted by molar-refractivity contribution is -0.118. The average Bonchev–Trinajstić information content (AvgIpc) is 3.56. The van der Waals surface area contributed by atoms with Crippen LogP contribution in [0.4, 0.5) is 5.69 Å². The molecule has 0 saturated carbocycles. The number of thioether (sulfide) groups is 2. The smallest absolute Gasteiger partial charge is 0.234 e. The van der Waals surface area contributed by atoms with Gasteiger partial charge in [0.15, 0.2) is 4.34 Å². The number of tetrazole rings is 1. The van der Waals surface area contributed by atoms with E-state index in [4.69, 9.17) is 0 Å². The van der Waals surface area contributed by atoms with Crippen LogP contribution in [-0.4, -0.2) is 48.5 Å². The number of benzene rings is 3. The first-order chi connectivity index (χ1) is 18.6. The lowest BCUT2D eigenvalue weighted by atomic mass is 10.2. The molecule has 0 atom stereocenters. The first-order valence-electron chi connectivity index (χ1n) is 11.7. The summed E-state index contributed by atoms with van der Waals surface area (Å²) in [5, 5.41) is 18.2. The number of rotatable bonds is 11. The second-order valence-electron chi connectivity index (χ2n) is 8.15. The molecule has 38 heavy (non-hydrogen) atoms. The van der Waals surface area contributed by atoms with Crippen LogP contribution in [0, 0.1) is 0 Å². The van der Waals surface area contributed by atoms with E-state index in [1.807, 2.05) is 78.9 Å². The number of hydrogen-bond acceptors (Lipinski definition) is 9. The molecule has 0 unspecified atom stereocenters. The molecule has 9 nitrogen and oxygen atoms in total. The Labute approximate surface area is 231 Å². The van der Waals surface area contributed by atoms with Crippen LogP contribution in [0.3, 0.4) is 0 Å². The molecule has 5 rings (SSSR count). The maximum absolute atomic E-state index is 12.6. The van der Waals surface area contributed by atoms with Crippen molar-refractivity contribution < 1.29 is 9.59 Å². The summed E-state index contributed by atoms with van der Waals surface area (Å²) >= 11 is 4.18. The van der Waals surface area contributed by atoms with Gasteiger partial charge in [0.05, 0.1) is 28.3 Å². The highest BCUT2D eigenvalue weighted by atomic mass is 32.2. The first-order valence-corrected chi connectivity index (χ1v) is 14.5. The summed E-state index contributed by atoms with van der Waals surface area (Å²) < 4.78 is 3.42. The number of fused-ring (bicyclic) bond motifs is 1. The number of hydrogen-bond donors (Lipinski definition) is 2. The zero-order valence-corrected chi connectivity index (χ0v) is 22.6. The minimum Gasteiger partial charge on any atom is -0.351 e. The van der Waals surface area contributed by atoms with Gasteiger partial charge < -0.3 is 10.6 Å². The van der Waals surface area contributed by atoms with Gasteiger partial charge in [0, 0.05) is 12.2 Å². The van der Waals surface area contributed by atoms with Gasteiger partial charge in [-0.15, -0.1) is 16.4 Å². The predicted octanol–water partition coefficient (Wildman–Crippen LogP) is 4.47. The Hall–Kier alpha value is -3.74. The maximum Gasteiger partial charge on any atom is 0.234 e. The van der Waals surface area contributed by atoms with Crippen molar-refractivity contribution in [3.63, 3.8) is 0 Å². The second-order valence-corrected chi connectivity index (χ2v) is 11.4. The molecule has 0 aliphatic rings. The molecular weight excluding hydrogens is 539 g/mol. The average molecular weight is 562 g/mol. The summed E-state index contributed by atoms with van der Waals surface area (Å²) in [5.41, 5.74) is 3.65. The van der Waals surface area contributed by atoms with Crippen molar-refractivity contribution in [1.82, 2.24) is 30.5 Å². The van der Waals surface area contributed by atoms with Crippen molar-refractivity contribution in [2.45, 2.75) is 22.6 Å². The van der Waals surface area contributed by atoms with Crippen molar-refractivity contribution in [2.24, 2.45) is 0 Å². The molecular formula is C26H23N7O2S3. The number of nitrogens with one attached hydrogen (secondary N) is 2. The summed E-state index contributed by atoms with van der Waals surface area (Å²) in [6.45, 7) is 1.04. The van der Waals surface area contributed by atoms with Crippen LogP contribution in [0.2, 0.25) is 0 Å². The molecule has 2 amide bonds. The van der Waals surface area contributed by atoms with Crippen molar-refractivity contribution in [3.05, 3.63) is 90.0 Å². The Bertz CT molecular complexity index is 1520. The van der Waals surface area contributed by atoms with E-state index in [9.17, 15) is 9.59 Å². The van der Waals surface area contributed by atoms with Gasteiger partial charge in [-0.3, -0.25) is 9.59 Å².